The quantitative estimate of drug-likeness (QED) is 0.796. The van der Waals surface area contributed by atoms with E-state index in [9.17, 15) is 9.90 Å². The van der Waals surface area contributed by atoms with Gasteiger partial charge in [-0.25, -0.2) is 4.79 Å². The molecule has 1 saturated heterocycles. The highest BCUT2D eigenvalue weighted by Gasteiger charge is 2.29. The van der Waals surface area contributed by atoms with Crippen molar-refractivity contribution in [2.75, 3.05) is 24.5 Å². The minimum atomic E-state index is -0.932. The summed E-state index contributed by atoms with van der Waals surface area (Å²) >= 11 is 0. The number of benzene rings is 1. The molecule has 0 radical (unpaired) electrons. The van der Waals surface area contributed by atoms with E-state index >= 15 is 0 Å². The van der Waals surface area contributed by atoms with E-state index in [1.54, 1.807) is 6.92 Å². The number of aromatic carboxylic acids is 1. The molecular formula is C16H20N4O2. The third-order valence-electron chi connectivity index (χ3n) is 4.08. The fourth-order valence-electron chi connectivity index (χ4n) is 2.99. The number of hydrogen-bond acceptors (Lipinski definition) is 4. The maximum atomic E-state index is 11.5. The Kier molecular flexibility index (Phi) is 4.11. The summed E-state index contributed by atoms with van der Waals surface area (Å²) in [7, 11) is 0. The maximum absolute atomic E-state index is 11.5. The van der Waals surface area contributed by atoms with Crippen LogP contribution < -0.4 is 10.2 Å². The summed E-state index contributed by atoms with van der Waals surface area (Å²) in [5.74, 6) is -0.384. The highest BCUT2D eigenvalue weighted by atomic mass is 16.4. The molecule has 1 atom stereocenters. The van der Waals surface area contributed by atoms with Gasteiger partial charge in [-0.3, -0.25) is 5.10 Å². The lowest BCUT2D eigenvalue weighted by molar-refractivity contribution is 0.0696. The molecule has 1 aliphatic rings. The van der Waals surface area contributed by atoms with Crippen LogP contribution in [0.2, 0.25) is 0 Å². The van der Waals surface area contributed by atoms with Crippen molar-refractivity contribution in [1.29, 1.82) is 0 Å². The standard InChI is InChI=1S/C16H20N4O2/c1-11-14(16(21)22)15(19-18-11)20-8-7-17-10-13(20)9-12-5-3-2-4-6-12/h2-6,13,17H,7-10H2,1H3,(H,18,19)(H,21,22). The van der Waals surface area contributed by atoms with Crippen LogP contribution in [0.25, 0.3) is 0 Å². The van der Waals surface area contributed by atoms with Gasteiger partial charge < -0.3 is 15.3 Å². The number of aromatic amines is 1. The van der Waals surface area contributed by atoms with E-state index in [-0.39, 0.29) is 11.6 Å². The Hall–Kier alpha value is -2.34. The molecule has 2 aromatic rings. The molecule has 2 heterocycles. The Morgan fingerprint density at radius 2 is 2.18 bits per heavy atom. The van der Waals surface area contributed by atoms with Crippen LogP contribution in [0.15, 0.2) is 30.3 Å². The second-order valence-electron chi connectivity index (χ2n) is 5.59. The van der Waals surface area contributed by atoms with Gasteiger partial charge in [0.1, 0.15) is 5.56 Å². The number of H-pyrrole nitrogens is 1. The van der Waals surface area contributed by atoms with Crippen molar-refractivity contribution in [3.05, 3.63) is 47.2 Å². The van der Waals surface area contributed by atoms with Crippen molar-refractivity contribution in [1.82, 2.24) is 15.5 Å². The lowest BCUT2D eigenvalue weighted by atomic mass is 10.0. The van der Waals surface area contributed by atoms with Crippen molar-refractivity contribution < 1.29 is 9.90 Å². The number of aromatic nitrogens is 2. The predicted molar refractivity (Wildman–Crippen MR) is 84.4 cm³/mol. The van der Waals surface area contributed by atoms with Crippen molar-refractivity contribution >= 4 is 11.8 Å². The Balaban J connectivity index is 1.88. The fourth-order valence-corrected chi connectivity index (χ4v) is 2.99. The Morgan fingerprint density at radius 3 is 2.91 bits per heavy atom. The second-order valence-corrected chi connectivity index (χ2v) is 5.59. The fraction of sp³-hybridized carbons (Fsp3) is 0.375. The van der Waals surface area contributed by atoms with Crippen LogP contribution in [0.4, 0.5) is 5.82 Å². The molecule has 1 fully saturated rings. The van der Waals surface area contributed by atoms with Gasteiger partial charge in [-0.15, -0.1) is 0 Å². The van der Waals surface area contributed by atoms with Gasteiger partial charge in [-0.1, -0.05) is 30.3 Å². The van der Waals surface area contributed by atoms with E-state index in [4.69, 9.17) is 0 Å². The minimum absolute atomic E-state index is 0.192. The third-order valence-corrected chi connectivity index (χ3v) is 4.08. The summed E-state index contributed by atoms with van der Waals surface area (Å²) in [5, 5.41) is 19.9. The van der Waals surface area contributed by atoms with E-state index in [0.29, 0.717) is 11.5 Å². The summed E-state index contributed by atoms with van der Waals surface area (Å²) < 4.78 is 0. The highest BCUT2D eigenvalue weighted by Crippen LogP contribution is 2.24. The molecular weight excluding hydrogens is 280 g/mol. The Labute approximate surface area is 129 Å². The molecule has 22 heavy (non-hydrogen) atoms. The van der Waals surface area contributed by atoms with Gasteiger partial charge in [-0.2, -0.15) is 5.10 Å². The number of carbonyl (C=O) groups is 1. The monoisotopic (exact) mass is 300 g/mol. The van der Waals surface area contributed by atoms with Gasteiger partial charge in [0.05, 0.1) is 0 Å². The molecule has 0 amide bonds. The van der Waals surface area contributed by atoms with Gasteiger partial charge in [0.2, 0.25) is 0 Å². The summed E-state index contributed by atoms with van der Waals surface area (Å²) in [4.78, 5) is 13.6. The lowest BCUT2D eigenvalue weighted by Crippen LogP contribution is -2.53. The first-order valence-electron chi connectivity index (χ1n) is 7.46. The first kappa shape index (κ1) is 14.6. The zero-order chi connectivity index (χ0) is 15.5. The van der Waals surface area contributed by atoms with Crippen LogP contribution in [-0.2, 0) is 6.42 Å². The van der Waals surface area contributed by atoms with Crippen molar-refractivity contribution in [2.45, 2.75) is 19.4 Å². The van der Waals surface area contributed by atoms with Crippen LogP contribution in [0, 0.1) is 6.92 Å². The van der Waals surface area contributed by atoms with Crippen LogP contribution >= 0.6 is 0 Å². The molecule has 1 unspecified atom stereocenters. The molecule has 0 bridgehead atoms. The zero-order valence-electron chi connectivity index (χ0n) is 12.5. The molecule has 0 spiro atoms. The lowest BCUT2D eigenvalue weighted by Gasteiger charge is -2.37. The number of aryl methyl sites for hydroxylation is 1. The van der Waals surface area contributed by atoms with E-state index in [2.05, 4.69) is 32.5 Å². The van der Waals surface area contributed by atoms with Crippen molar-refractivity contribution in [2.24, 2.45) is 0 Å². The number of carboxylic acid groups (broad SMARTS) is 1. The number of nitrogens with zero attached hydrogens (tertiary/aromatic N) is 2. The maximum Gasteiger partial charge on any atom is 0.341 e. The van der Waals surface area contributed by atoms with Gasteiger partial charge in [-0.05, 0) is 18.9 Å². The van der Waals surface area contributed by atoms with Gasteiger partial charge >= 0.3 is 5.97 Å². The smallest absolute Gasteiger partial charge is 0.341 e. The first-order chi connectivity index (χ1) is 10.7. The number of anilines is 1. The van der Waals surface area contributed by atoms with Gasteiger partial charge in [0.25, 0.3) is 0 Å². The van der Waals surface area contributed by atoms with E-state index < -0.39 is 5.97 Å². The number of carboxylic acids is 1. The average Bonchev–Trinajstić information content (AvgIpc) is 2.90. The largest absolute Gasteiger partial charge is 0.477 e. The van der Waals surface area contributed by atoms with Crippen molar-refractivity contribution in [3.8, 4) is 0 Å². The molecule has 0 aliphatic carbocycles. The number of hydrogen-bond donors (Lipinski definition) is 3. The van der Waals surface area contributed by atoms with Crippen LogP contribution in [0.1, 0.15) is 21.6 Å². The minimum Gasteiger partial charge on any atom is -0.477 e. The average molecular weight is 300 g/mol. The van der Waals surface area contributed by atoms with Crippen LogP contribution in [0.3, 0.4) is 0 Å². The molecule has 1 aliphatic heterocycles. The van der Waals surface area contributed by atoms with E-state index in [1.807, 2.05) is 18.2 Å². The predicted octanol–water partition coefficient (Wildman–Crippen LogP) is 1.44. The third kappa shape index (κ3) is 2.82. The molecule has 0 saturated carbocycles. The van der Waals surface area contributed by atoms with E-state index in [0.717, 1.165) is 26.1 Å². The summed E-state index contributed by atoms with van der Waals surface area (Å²) in [5.41, 5.74) is 2.12. The van der Waals surface area contributed by atoms with Crippen molar-refractivity contribution in [3.63, 3.8) is 0 Å². The molecule has 3 rings (SSSR count). The molecule has 6 heteroatoms. The Morgan fingerprint density at radius 1 is 1.41 bits per heavy atom. The molecule has 116 valence electrons. The van der Waals surface area contributed by atoms with Crippen LogP contribution in [-0.4, -0.2) is 46.9 Å². The number of rotatable bonds is 4. The highest BCUT2D eigenvalue weighted by molar-refractivity contribution is 5.94. The summed E-state index contributed by atoms with van der Waals surface area (Å²) in [6.45, 7) is 4.15. The first-order valence-corrected chi connectivity index (χ1v) is 7.46. The second kappa shape index (κ2) is 6.19. The summed E-state index contributed by atoms with van der Waals surface area (Å²) in [6, 6.07) is 10.4. The summed E-state index contributed by atoms with van der Waals surface area (Å²) in [6.07, 6.45) is 0.860. The normalized spacial score (nSPS) is 18.4. The van der Waals surface area contributed by atoms with Crippen LogP contribution in [0.5, 0.6) is 0 Å². The molecule has 1 aromatic heterocycles. The van der Waals surface area contributed by atoms with Gasteiger partial charge in [0, 0.05) is 31.4 Å². The topological polar surface area (TPSA) is 81.2 Å². The number of piperazine rings is 1. The Bertz CT molecular complexity index is 653. The van der Waals surface area contributed by atoms with E-state index in [1.165, 1.54) is 5.56 Å². The molecule has 3 N–H and O–H groups in total. The molecule has 6 nitrogen and oxygen atoms in total. The number of nitrogens with one attached hydrogen (secondary N) is 2. The van der Waals surface area contributed by atoms with Gasteiger partial charge in [0.15, 0.2) is 5.82 Å². The zero-order valence-corrected chi connectivity index (χ0v) is 12.5. The SMILES string of the molecule is Cc1[nH]nc(N2CCNCC2Cc2ccccc2)c1C(=O)O. The molecule has 1 aromatic carbocycles.